The van der Waals surface area contributed by atoms with Gasteiger partial charge in [0.1, 0.15) is 5.75 Å². The Morgan fingerprint density at radius 3 is 3.10 bits per heavy atom. The molecule has 5 heteroatoms. The van der Waals surface area contributed by atoms with E-state index in [1.165, 1.54) is 0 Å². The lowest BCUT2D eigenvalue weighted by atomic mass is 10.0. The van der Waals surface area contributed by atoms with Gasteiger partial charge in [-0.3, -0.25) is 4.79 Å². The van der Waals surface area contributed by atoms with E-state index in [1.807, 2.05) is 25.1 Å². The molecule has 0 aliphatic carbocycles. The Bertz CT molecular complexity index is 465. The van der Waals surface area contributed by atoms with Gasteiger partial charge in [0, 0.05) is 31.1 Å². The summed E-state index contributed by atoms with van der Waals surface area (Å²) >= 11 is 6.15. The zero-order valence-electron chi connectivity index (χ0n) is 11.7. The minimum Gasteiger partial charge on any atom is -0.492 e. The van der Waals surface area contributed by atoms with Crippen LogP contribution in [0.2, 0.25) is 5.02 Å². The van der Waals surface area contributed by atoms with Gasteiger partial charge in [-0.15, -0.1) is 0 Å². The van der Waals surface area contributed by atoms with Crippen LogP contribution in [0.5, 0.6) is 5.75 Å². The normalized spacial score (nSPS) is 18.7. The highest BCUT2D eigenvalue weighted by atomic mass is 35.5. The number of nitrogens with one attached hydrogen (secondary N) is 2. The number of carbonyl (C=O) groups is 1. The molecule has 20 heavy (non-hydrogen) atoms. The summed E-state index contributed by atoms with van der Waals surface area (Å²) in [6.45, 7) is 3.99. The summed E-state index contributed by atoms with van der Waals surface area (Å²) in [5, 5.41) is 7.00. The lowest BCUT2D eigenvalue weighted by molar-refractivity contribution is -0.123. The average molecular weight is 297 g/mol. The van der Waals surface area contributed by atoms with Crippen LogP contribution in [0, 0.1) is 0 Å². The van der Waals surface area contributed by atoms with E-state index in [2.05, 4.69) is 10.6 Å². The molecule has 0 unspecified atom stereocenters. The first-order chi connectivity index (χ1) is 9.70. The molecule has 2 N–H and O–H groups in total. The Morgan fingerprint density at radius 2 is 2.35 bits per heavy atom. The first-order valence-electron chi connectivity index (χ1n) is 7.11. The van der Waals surface area contributed by atoms with Crippen LogP contribution in [0.15, 0.2) is 18.2 Å². The van der Waals surface area contributed by atoms with E-state index in [9.17, 15) is 4.79 Å². The SMILES string of the molecule is CCOc1c(Cl)cccc1CNC[C@H]1CCCC(=O)N1. The molecule has 110 valence electrons. The molecule has 1 atom stereocenters. The predicted molar refractivity (Wildman–Crippen MR) is 80.1 cm³/mol. The van der Waals surface area contributed by atoms with Gasteiger partial charge in [0.05, 0.1) is 11.6 Å². The number of para-hydroxylation sites is 1. The summed E-state index contributed by atoms with van der Waals surface area (Å²) in [6, 6.07) is 5.98. The van der Waals surface area contributed by atoms with Crippen molar-refractivity contribution in [2.45, 2.75) is 38.8 Å². The zero-order chi connectivity index (χ0) is 14.4. The fourth-order valence-electron chi connectivity index (χ4n) is 2.41. The van der Waals surface area contributed by atoms with Crippen LogP contribution >= 0.6 is 11.6 Å². The van der Waals surface area contributed by atoms with Crippen LogP contribution in [-0.2, 0) is 11.3 Å². The van der Waals surface area contributed by atoms with Crippen molar-refractivity contribution in [3.63, 3.8) is 0 Å². The third-order valence-corrected chi connectivity index (χ3v) is 3.66. The molecule has 1 heterocycles. The van der Waals surface area contributed by atoms with Crippen molar-refractivity contribution in [1.82, 2.24) is 10.6 Å². The summed E-state index contributed by atoms with van der Waals surface area (Å²) in [5.41, 5.74) is 1.04. The predicted octanol–water partition coefficient (Wildman–Crippen LogP) is 2.50. The van der Waals surface area contributed by atoms with E-state index in [1.54, 1.807) is 0 Å². The minimum atomic E-state index is 0.154. The number of halogens is 1. The third kappa shape index (κ3) is 4.12. The lowest BCUT2D eigenvalue weighted by Crippen LogP contribution is -2.44. The van der Waals surface area contributed by atoms with Gasteiger partial charge >= 0.3 is 0 Å². The van der Waals surface area contributed by atoms with Crippen LogP contribution in [0.1, 0.15) is 31.7 Å². The number of rotatable bonds is 6. The van der Waals surface area contributed by atoms with Gasteiger partial charge in [-0.05, 0) is 25.8 Å². The highest BCUT2D eigenvalue weighted by Gasteiger charge is 2.17. The molecule has 4 nitrogen and oxygen atoms in total. The number of ether oxygens (including phenoxy) is 1. The van der Waals surface area contributed by atoms with Crippen molar-refractivity contribution in [1.29, 1.82) is 0 Å². The maximum atomic E-state index is 11.3. The van der Waals surface area contributed by atoms with E-state index in [0.717, 1.165) is 30.7 Å². The molecule has 0 aromatic heterocycles. The molecule has 1 aromatic rings. The molecule has 2 rings (SSSR count). The standard InChI is InChI=1S/C15H21ClN2O2/c1-2-20-15-11(5-3-7-13(15)16)9-17-10-12-6-4-8-14(19)18-12/h3,5,7,12,17H,2,4,6,8-10H2,1H3,(H,18,19)/t12-/m1/s1. The Balaban J connectivity index is 1.87. The van der Waals surface area contributed by atoms with Crippen molar-refractivity contribution in [2.75, 3.05) is 13.2 Å². The van der Waals surface area contributed by atoms with Crippen LogP contribution in [0.3, 0.4) is 0 Å². The van der Waals surface area contributed by atoms with Crippen molar-refractivity contribution in [3.8, 4) is 5.75 Å². The van der Waals surface area contributed by atoms with Gasteiger partial charge < -0.3 is 15.4 Å². The Hall–Kier alpha value is -1.26. The first kappa shape index (κ1) is 15.1. The highest BCUT2D eigenvalue weighted by molar-refractivity contribution is 6.32. The minimum absolute atomic E-state index is 0.154. The lowest BCUT2D eigenvalue weighted by Gasteiger charge is -2.23. The molecule has 1 fully saturated rings. The first-order valence-corrected chi connectivity index (χ1v) is 7.48. The van der Waals surface area contributed by atoms with E-state index in [-0.39, 0.29) is 11.9 Å². The van der Waals surface area contributed by atoms with E-state index in [0.29, 0.717) is 24.6 Å². The van der Waals surface area contributed by atoms with Gasteiger partial charge in [-0.2, -0.15) is 0 Å². The molecule has 1 aliphatic rings. The number of amides is 1. The molecule has 1 aromatic carbocycles. The van der Waals surface area contributed by atoms with Gasteiger partial charge in [-0.1, -0.05) is 23.7 Å². The summed E-state index contributed by atoms with van der Waals surface area (Å²) < 4.78 is 5.59. The highest BCUT2D eigenvalue weighted by Crippen LogP contribution is 2.28. The maximum Gasteiger partial charge on any atom is 0.220 e. The van der Waals surface area contributed by atoms with Crippen LogP contribution in [0.4, 0.5) is 0 Å². The Labute approximate surface area is 124 Å². The maximum absolute atomic E-state index is 11.3. The smallest absolute Gasteiger partial charge is 0.220 e. The molecular formula is C15H21ClN2O2. The van der Waals surface area contributed by atoms with Crippen molar-refractivity contribution >= 4 is 17.5 Å². The fourth-order valence-corrected chi connectivity index (χ4v) is 2.66. The molecule has 1 amide bonds. The summed E-state index contributed by atoms with van der Waals surface area (Å²) in [5.74, 6) is 0.901. The molecule has 1 aliphatic heterocycles. The van der Waals surface area contributed by atoms with Crippen LogP contribution in [-0.4, -0.2) is 25.1 Å². The van der Waals surface area contributed by atoms with E-state index in [4.69, 9.17) is 16.3 Å². The van der Waals surface area contributed by atoms with Gasteiger partial charge in [0.2, 0.25) is 5.91 Å². The molecular weight excluding hydrogens is 276 g/mol. The number of hydrogen-bond acceptors (Lipinski definition) is 3. The van der Waals surface area contributed by atoms with Crippen molar-refractivity contribution < 1.29 is 9.53 Å². The molecule has 0 radical (unpaired) electrons. The number of benzene rings is 1. The van der Waals surface area contributed by atoms with Crippen molar-refractivity contribution in [3.05, 3.63) is 28.8 Å². The van der Waals surface area contributed by atoms with E-state index >= 15 is 0 Å². The Morgan fingerprint density at radius 1 is 1.50 bits per heavy atom. The fraction of sp³-hybridized carbons (Fsp3) is 0.533. The molecule has 0 spiro atoms. The van der Waals surface area contributed by atoms with E-state index < -0.39 is 0 Å². The summed E-state index contributed by atoms with van der Waals surface area (Å²) in [4.78, 5) is 11.3. The quantitative estimate of drug-likeness (QED) is 0.848. The van der Waals surface area contributed by atoms with Gasteiger partial charge in [0.25, 0.3) is 0 Å². The number of piperidine rings is 1. The summed E-state index contributed by atoms with van der Waals surface area (Å²) in [6.07, 6.45) is 2.66. The monoisotopic (exact) mass is 296 g/mol. The zero-order valence-corrected chi connectivity index (χ0v) is 12.5. The topological polar surface area (TPSA) is 50.4 Å². The van der Waals surface area contributed by atoms with Gasteiger partial charge in [0.15, 0.2) is 0 Å². The third-order valence-electron chi connectivity index (χ3n) is 3.36. The number of hydrogen-bond donors (Lipinski definition) is 2. The average Bonchev–Trinajstić information content (AvgIpc) is 2.42. The second kappa shape index (κ2) is 7.50. The molecule has 0 bridgehead atoms. The second-order valence-electron chi connectivity index (χ2n) is 4.95. The second-order valence-corrected chi connectivity index (χ2v) is 5.36. The largest absolute Gasteiger partial charge is 0.492 e. The van der Waals surface area contributed by atoms with Gasteiger partial charge in [-0.25, -0.2) is 0 Å². The van der Waals surface area contributed by atoms with Crippen LogP contribution in [0.25, 0.3) is 0 Å². The van der Waals surface area contributed by atoms with Crippen molar-refractivity contribution in [2.24, 2.45) is 0 Å². The van der Waals surface area contributed by atoms with Crippen LogP contribution < -0.4 is 15.4 Å². The molecule has 0 saturated carbocycles. The Kier molecular flexibility index (Phi) is 5.68. The number of carbonyl (C=O) groups excluding carboxylic acids is 1. The molecule has 1 saturated heterocycles. The summed E-state index contributed by atoms with van der Waals surface area (Å²) in [7, 11) is 0.